The number of hydrogen-bond donors (Lipinski definition) is 1. The van der Waals surface area contributed by atoms with E-state index in [2.05, 4.69) is 4.98 Å². The molecule has 0 amide bonds. The van der Waals surface area contributed by atoms with Crippen molar-refractivity contribution in [2.24, 2.45) is 0 Å². The lowest BCUT2D eigenvalue weighted by molar-refractivity contribution is 0.156. The molecular formula is C11H10Cl2N2O. The minimum absolute atomic E-state index is 0.0500. The van der Waals surface area contributed by atoms with Gasteiger partial charge < -0.3 is 9.67 Å². The standard InChI is InChI=1S/C11H10Cl2N2O/c12-8-1-2-9(10(13)5-8)11(16)6-15-4-3-14-7-15/h1-5,7,11,16H,6H2/i11D. The number of rotatable bonds is 3. The monoisotopic (exact) mass is 257 g/mol. The molecule has 1 atom stereocenters. The molecule has 0 aliphatic heterocycles. The summed E-state index contributed by atoms with van der Waals surface area (Å²) < 4.78 is 9.54. The lowest BCUT2D eigenvalue weighted by Crippen LogP contribution is -2.07. The summed E-state index contributed by atoms with van der Waals surface area (Å²) >= 11 is 11.7. The van der Waals surface area contributed by atoms with Crippen LogP contribution in [0, 0.1) is 0 Å². The van der Waals surface area contributed by atoms with E-state index in [0.29, 0.717) is 10.6 Å². The average molecular weight is 258 g/mol. The van der Waals surface area contributed by atoms with Crippen molar-refractivity contribution >= 4 is 23.2 Å². The largest absolute Gasteiger partial charge is 0.386 e. The summed E-state index contributed by atoms with van der Waals surface area (Å²) in [4.78, 5) is 3.85. The molecule has 2 aromatic rings. The zero-order chi connectivity index (χ0) is 12.5. The summed E-state index contributed by atoms with van der Waals surface area (Å²) in [5.74, 6) is 0. The number of hydrogen-bond acceptors (Lipinski definition) is 2. The lowest BCUT2D eigenvalue weighted by atomic mass is 10.1. The van der Waals surface area contributed by atoms with Crippen LogP contribution in [0.5, 0.6) is 0 Å². The van der Waals surface area contributed by atoms with E-state index in [4.69, 9.17) is 24.6 Å². The van der Waals surface area contributed by atoms with Gasteiger partial charge in [0.2, 0.25) is 0 Å². The normalized spacial score (nSPS) is 15.6. The third-order valence-electron chi connectivity index (χ3n) is 2.13. The number of imidazole rings is 1. The van der Waals surface area contributed by atoms with E-state index in [1.54, 1.807) is 29.1 Å². The van der Waals surface area contributed by atoms with Gasteiger partial charge in [0.05, 0.1) is 20.3 Å². The van der Waals surface area contributed by atoms with Gasteiger partial charge in [-0.2, -0.15) is 0 Å². The molecular weight excluding hydrogens is 247 g/mol. The van der Waals surface area contributed by atoms with Crippen molar-refractivity contribution in [2.45, 2.75) is 12.6 Å². The fraction of sp³-hybridized carbons (Fsp3) is 0.182. The molecule has 2 rings (SSSR count). The van der Waals surface area contributed by atoms with Crippen molar-refractivity contribution in [3.8, 4) is 0 Å². The Balaban J connectivity index is 2.30. The van der Waals surface area contributed by atoms with Crippen LogP contribution in [0.4, 0.5) is 0 Å². The Morgan fingerprint density at radius 2 is 2.31 bits per heavy atom. The smallest absolute Gasteiger partial charge is 0.0983 e. The minimum Gasteiger partial charge on any atom is -0.386 e. The molecule has 1 aromatic carbocycles. The Labute approximate surface area is 105 Å². The van der Waals surface area contributed by atoms with Gasteiger partial charge in [-0.25, -0.2) is 4.98 Å². The van der Waals surface area contributed by atoms with Crippen molar-refractivity contribution < 1.29 is 6.48 Å². The fourth-order valence-electron chi connectivity index (χ4n) is 1.36. The highest BCUT2D eigenvalue weighted by atomic mass is 35.5. The first-order valence-electron chi connectivity index (χ1n) is 5.13. The topological polar surface area (TPSA) is 38.0 Å². The van der Waals surface area contributed by atoms with Gasteiger partial charge in [-0.3, -0.25) is 0 Å². The zero-order valence-electron chi connectivity index (χ0n) is 9.27. The molecule has 1 unspecified atom stereocenters. The van der Waals surface area contributed by atoms with Crippen LogP contribution < -0.4 is 0 Å². The molecule has 0 aliphatic rings. The van der Waals surface area contributed by atoms with E-state index in [-0.39, 0.29) is 11.6 Å². The summed E-state index contributed by atoms with van der Waals surface area (Å²) in [7, 11) is 0. The van der Waals surface area contributed by atoms with Gasteiger partial charge in [0, 0.05) is 28.0 Å². The zero-order valence-corrected chi connectivity index (χ0v) is 9.78. The van der Waals surface area contributed by atoms with Gasteiger partial charge in [-0.15, -0.1) is 0 Å². The van der Waals surface area contributed by atoms with Crippen LogP contribution in [-0.2, 0) is 6.54 Å². The molecule has 1 aromatic heterocycles. The molecule has 0 saturated carbocycles. The highest BCUT2D eigenvalue weighted by molar-refractivity contribution is 6.35. The van der Waals surface area contributed by atoms with Crippen LogP contribution >= 0.6 is 23.2 Å². The third-order valence-corrected chi connectivity index (χ3v) is 2.68. The summed E-state index contributed by atoms with van der Waals surface area (Å²) in [5.41, 5.74) is 0.317. The van der Waals surface area contributed by atoms with Crippen LogP contribution in [0.1, 0.15) is 13.0 Å². The number of halogens is 2. The first-order valence-corrected chi connectivity index (χ1v) is 5.38. The second kappa shape index (κ2) is 4.87. The van der Waals surface area contributed by atoms with Crippen LogP contribution in [0.25, 0.3) is 0 Å². The van der Waals surface area contributed by atoms with Gasteiger partial charge in [0.15, 0.2) is 0 Å². The Kier molecular flexibility index (Phi) is 3.09. The fourth-order valence-corrected chi connectivity index (χ4v) is 1.88. The molecule has 1 heterocycles. The molecule has 16 heavy (non-hydrogen) atoms. The maximum atomic E-state index is 10.1. The maximum absolute atomic E-state index is 10.1. The van der Waals surface area contributed by atoms with Gasteiger partial charge in [-0.1, -0.05) is 29.3 Å². The van der Waals surface area contributed by atoms with E-state index in [0.717, 1.165) is 0 Å². The van der Waals surface area contributed by atoms with Crippen LogP contribution in [0.3, 0.4) is 0 Å². The lowest BCUT2D eigenvalue weighted by Gasteiger charge is -2.13. The Morgan fingerprint density at radius 3 is 2.94 bits per heavy atom. The maximum Gasteiger partial charge on any atom is 0.0983 e. The molecule has 0 saturated heterocycles. The van der Waals surface area contributed by atoms with Crippen molar-refractivity contribution in [1.29, 1.82) is 0 Å². The Hall–Kier alpha value is -1.03. The summed E-state index contributed by atoms with van der Waals surface area (Å²) in [5, 5.41) is 10.9. The molecule has 3 nitrogen and oxygen atoms in total. The molecule has 0 fully saturated rings. The molecule has 1 N–H and O–H groups in total. The molecule has 0 bridgehead atoms. The van der Waals surface area contributed by atoms with E-state index < -0.39 is 6.08 Å². The SMILES string of the molecule is [2H]C(O)(Cn1ccnc1)c1ccc(Cl)cc1Cl. The van der Waals surface area contributed by atoms with E-state index in [9.17, 15) is 5.11 Å². The first kappa shape index (κ1) is 10.1. The quantitative estimate of drug-likeness (QED) is 0.919. The number of nitrogens with zero attached hydrogens (tertiary/aromatic N) is 2. The number of aliphatic hydroxyl groups is 1. The third kappa shape index (κ3) is 2.55. The van der Waals surface area contributed by atoms with E-state index in [1.165, 1.54) is 12.4 Å². The number of benzene rings is 1. The van der Waals surface area contributed by atoms with Crippen LogP contribution in [0.15, 0.2) is 36.9 Å². The van der Waals surface area contributed by atoms with E-state index in [1.807, 2.05) is 0 Å². The van der Waals surface area contributed by atoms with Gasteiger partial charge >= 0.3 is 0 Å². The Bertz CT molecular complexity index is 514. The molecule has 5 heteroatoms. The predicted molar refractivity (Wildman–Crippen MR) is 63.6 cm³/mol. The van der Waals surface area contributed by atoms with Gasteiger partial charge in [0.25, 0.3) is 0 Å². The second-order valence-electron chi connectivity index (χ2n) is 3.31. The van der Waals surface area contributed by atoms with Crippen molar-refractivity contribution in [1.82, 2.24) is 9.55 Å². The van der Waals surface area contributed by atoms with Crippen molar-refractivity contribution in [3.63, 3.8) is 0 Å². The molecule has 0 radical (unpaired) electrons. The van der Waals surface area contributed by atoms with Crippen LogP contribution in [0.2, 0.25) is 10.0 Å². The van der Waals surface area contributed by atoms with Crippen LogP contribution in [-0.4, -0.2) is 14.7 Å². The number of aromatic nitrogens is 2. The summed E-state index contributed by atoms with van der Waals surface area (Å²) in [6.45, 7) is 0.0500. The first-order chi connectivity index (χ1) is 7.99. The Morgan fingerprint density at radius 1 is 1.50 bits per heavy atom. The highest BCUT2D eigenvalue weighted by Gasteiger charge is 2.12. The van der Waals surface area contributed by atoms with Gasteiger partial charge in [0.1, 0.15) is 0 Å². The van der Waals surface area contributed by atoms with Crippen molar-refractivity contribution in [2.75, 3.05) is 0 Å². The highest BCUT2D eigenvalue weighted by Crippen LogP contribution is 2.27. The van der Waals surface area contributed by atoms with Gasteiger partial charge in [-0.05, 0) is 12.1 Å². The minimum atomic E-state index is -1.82. The molecule has 84 valence electrons. The average Bonchev–Trinajstić information content (AvgIpc) is 2.68. The van der Waals surface area contributed by atoms with Crippen molar-refractivity contribution in [3.05, 3.63) is 52.5 Å². The predicted octanol–water partition coefficient (Wildman–Crippen LogP) is 2.92. The summed E-state index contributed by atoms with van der Waals surface area (Å²) in [6, 6.07) is 4.65. The summed E-state index contributed by atoms with van der Waals surface area (Å²) in [6.07, 6.45) is 2.97. The second-order valence-corrected chi connectivity index (χ2v) is 4.15. The molecule has 0 spiro atoms. The molecule has 0 aliphatic carbocycles. The van der Waals surface area contributed by atoms with E-state index >= 15 is 0 Å².